The molecule has 0 radical (unpaired) electrons. The minimum absolute atomic E-state index is 0.0835. The minimum Gasteiger partial charge on any atom is -0.435 e. The highest BCUT2D eigenvalue weighted by Crippen LogP contribution is 2.49. The first-order chi connectivity index (χ1) is 10.2. The van der Waals surface area contributed by atoms with Crippen LogP contribution in [0.25, 0.3) is 0 Å². The van der Waals surface area contributed by atoms with Crippen LogP contribution in [0.1, 0.15) is 27.2 Å². The van der Waals surface area contributed by atoms with E-state index in [0.29, 0.717) is 6.42 Å². The molecule has 0 aromatic rings. The first kappa shape index (κ1) is 20.5. The first-order valence-corrected chi connectivity index (χ1v) is 7.86. The number of carbonyl (C=O) groups is 2. The van der Waals surface area contributed by atoms with Crippen LogP contribution >= 0.6 is 7.82 Å². The quantitative estimate of drug-likeness (QED) is 0.246. The second-order valence-corrected chi connectivity index (χ2v) is 5.87. The Balaban J connectivity index is 4.42. The van der Waals surface area contributed by atoms with Gasteiger partial charge in [-0.15, -0.1) is 0 Å². The smallest absolute Gasteiger partial charge is 0.435 e. The monoisotopic (exact) mass is 336 g/mol. The van der Waals surface area contributed by atoms with E-state index < -0.39 is 33.3 Å². The third kappa shape index (κ3) is 8.74. The molecule has 0 aromatic carbocycles. The highest BCUT2D eigenvalue weighted by molar-refractivity contribution is 7.48. The lowest BCUT2D eigenvalue weighted by Gasteiger charge is -2.17. The molecule has 0 amide bonds. The number of carbonyl (C=O) groups excluding carboxylic acids is 2. The number of ether oxygens (including phenoxy) is 2. The summed E-state index contributed by atoms with van der Waals surface area (Å²) in [4.78, 5) is 22.3. The van der Waals surface area contributed by atoms with Gasteiger partial charge in [0.05, 0.1) is 6.61 Å². The van der Waals surface area contributed by atoms with Gasteiger partial charge in [0, 0.05) is 11.1 Å². The lowest BCUT2D eigenvalue weighted by Crippen LogP contribution is -2.12. The number of phosphoric acid groups is 1. The molecule has 0 N–H and O–H groups in total. The average molecular weight is 336 g/mol. The van der Waals surface area contributed by atoms with Crippen LogP contribution in [-0.2, 0) is 37.2 Å². The van der Waals surface area contributed by atoms with Gasteiger partial charge in [-0.2, -0.15) is 0 Å². The van der Waals surface area contributed by atoms with Crippen LogP contribution < -0.4 is 0 Å². The molecule has 0 atom stereocenters. The zero-order chi connectivity index (χ0) is 17.2. The zero-order valence-corrected chi connectivity index (χ0v) is 13.9. The van der Waals surface area contributed by atoms with Crippen molar-refractivity contribution in [2.45, 2.75) is 27.2 Å². The van der Waals surface area contributed by atoms with Crippen LogP contribution in [0.15, 0.2) is 24.3 Å². The maximum atomic E-state index is 12.2. The fraction of sp³-hybridized carbons (Fsp3) is 0.538. The van der Waals surface area contributed by atoms with Crippen molar-refractivity contribution >= 4 is 19.8 Å². The Hall–Kier alpha value is -1.47. The molecule has 0 unspecified atom stereocenters. The molecule has 9 heteroatoms. The Labute approximate surface area is 129 Å². The average Bonchev–Trinajstić information content (AvgIpc) is 2.44. The van der Waals surface area contributed by atoms with Gasteiger partial charge in [-0.05, 0) is 20.3 Å². The number of rotatable bonds is 11. The molecule has 0 spiro atoms. The van der Waals surface area contributed by atoms with Gasteiger partial charge in [0.15, 0.2) is 0 Å². The number of phosphoric ester groups is 1. The van der Waals surface area contributed by atoms with Crippen LogP contribution in [0.5, 0.6) is 0 Å². The van der Waals surface area contributed by atoms with Crippen molar-refractivity contribution < 1.29 is 37.2 Å². The molecule has 0 aliphatic rings. The lowest BCUT2D eigenvalue weighted by atomic mass is 10.4. The molecule has 0 aliphatic heterocycles. The van der Waals surface area contributed by atoms with Gasteiger partial charge in [-0.25, -0.2) is 23.2 Å². The Morgan fingerprint density at radius 1 is 0.909 bits per heavy atom. The van der Waals surface area contributed by atoms with Crippen LogP contribution in [0.2, 0.25) is 0 Å². The zero-order valence-electron chi connectivity index (χ0n) is 13.0. The topological polar surface area (TPSA) is 97.4 Å². The normalized spacial score (nSPS) is 10.9. The fourth-order valence-corrected chi connectivity index (χ4v) is 1.84. The third-order valence-electron chi connectivity index (χ3n) is 1.95. The summed E-state index contributed by atoms with van der Waals surface area (Å²) in [5, 5.41) is 0. The number of esters is 2. The van der Waals surface area contributed by atoms with Crippen LogP contribution in [-0.4, -0.2) is 32.1 Å². The Bertz CT molecular complexity index is 435. The SMILES string of the molecule is C=C(C)C(=O)OCOP(=O)(OCCC)OCOC(=O)C(=C)C. The maximum Gasteiger partial charge on any atom is 0.480 e. The van der Waals surface area contributed by atoms with E-state index >= 15 is 0 Å². The van der Waals surface area contributed by atoms with Gasteiger partial charge < -0.3 is 9.47 Å². The summed E-state index contributed by atoms with van der Waals surface area (Å²) in [6, 6.07) is 0. The van der Waals surface area contributed by atoms with Crippen LogP contribution in [0, 0.1) is 0 Å². The van der Waals surface area contributed by atoms with Crippen LogP contribution in [0.3, 0.4) is 0 Å². The summed E-state index contributed by atoms with van der Waals surface area (Å²) >= 11 is 0. The highest BCUT2D eigenvalue weighted by atomic mass is 31.2. The second kappa shape index (κ2) is 10.3. The van der Waals surface area contributed by atoms with E-state index in [4.69, 9.17) is 13.6 Å². The van der Waals surface area contributed by atoms with Gasteiger partial charge in [0.1, 0.15) is 0 Å². The van der Waals surface area contributed by atoms with E-state index in [1.807, 2.05) is 0 Å². The first-order valence-electron chi connectivity index (χ1n) is 6.40. The van der Waals surface area contributed by atoms with Crippen molar-refractivity contribution in [3.63, 3.8) is 0 Å². The van der Waals surface area contributed by atoms with E-state index in [-0.39, 0.29) is 17.8 Å². The predicted octanol–water partition coefficient (Wildman–Crippen LogP) is 2.71. The lowest BCUT2D eigenvalue weighted by molar-refractivity contribution is -0.149. The molecule has 0 fully saturated rings. The Morgan fingerprint density at radius 2 is 1.32 bits per heavy atom. The molecule has 0 saturated heterocycles. The van der Waals surface area contributed by atoms with Gasteiger partial charge in [-0.1, -0.05) is 20.1 Å². The number of hydrogen-bond donors (Lipinski definition) is 0. The van der Waals surface area contributed by atoms with Crippen molar-refractivity contribution in [2.75, 3.05) is 20.2 Å². The Kier molecular flexibility index (Phi) is 9.60. The summed E-state index contributed by atoms with van der Waals surface area (Å²) in [6.45, 7) is 10.2. The van der Waals surface area contributed by atoms with Crippen molar-refractivity contribution in [3.05, 3.63) is 24.3 Å². The molecule has 0 aliphatic carbocycles. The summed E-state index contributed by atoms with van der Waals surface area (Å²) in [5.41, 5.74) is 0.313. The molecule has 0 aromatic heterocycles. The van der Waals surface area contributed by atoms with Crippen LogP contribution in [0.4, 0.5) is 0 Å². The van der Waals surface area contributed by atoms with E-state index in [0.717, 1.165) is 0 Å². The largest absolute Gasteiger partial charge is 0.480 e. The van der Waals surface area contributed by atoms with E-state index in [2.05, 4.69) is 22.6 Å². The van der Waals surface area contributed by atoms with E-state index in [1.165, 1.54) is 13.8 Å². The van der Waals surface area contributed by atoms with Gasteiger partial charge in [0.2, 0.25) is 13.6 Å². The highest BCUT2D eigenvalue weighted by Gasteiger charge is 2.28. The molecule has 8 nitrogen and oxygen atoms in total. The van der Waals surface area contributed by atoms with Crippen molar-refractivity contribution in [1.82, 2.24) is 0 Å². The second-order valence-electron chi connectivity index (χ2n) is 4.20. The minimum atomic E-state index is -4.02. The van der Waals surface area contributed by atoms with Crippen molar-refractivity contribution in [3.8, 4) is 0 Å². The molecule has 126 valence electrons. The molecule has 0 heterocycles. The fourth-order valence-electron chi connectivity index (χ4n) is 0.850. The molecule has 0 saturated carbocycles. The summed E-state index contributed by atoms with van der Waals surface area (Å²) < 4.78 is 36.0. The molecule has 0 rings (SSSR count). The summed E-state index contributed by atoms with van der Waals surface area (Å²) in [7, 11) is -4.02. The van der Waals surface area contributed by atoms with E-state index in [9.17, 15) is 14.2 Å². The van der Waals surface area contributed by atoms with E-state index in [1.54, 1.807) is 6.92 Å². The Morgan fingerprint density at radius 3 is 1.64 bits per heavy atom. The van der Waals surface area contributed by atoms with Gasteiger partial charge in [0.25, 0.3) is 0 Å². The van der Waals surface area contributed by atoms with Gasteiger partial charge >= 0.3 is 19.8 Å². The molecular weight excluding hydrogens is 315 g/mol. The van der Waals surface area contributed by atoms with Gasteiger partial charge in [-0.3, -0.25) is 4.52 Å². The number of hydrogen-bond acceptors (Lipinski definition) is 8. The van der Waals surface area contributed by atoms with Crippen molar-refractivity contribution in [2.24, 2.45) is 0 Å². The molecule has 0 bridgehead atoms. The molecule has 22 heavy (non-hydrogen) atoms. The summed E-state index contributed by atoms with van der Waals surface area (Å²) in [5.74, 6) is -1.42. The van der Waals surface area contributed by atoms with Crippen molar-refractivity contribution in [1.29, 1.82) is 0 Å². The molecular formula is C13H21O8P. The predicted molar refractivity (Wildman–Crippen MR) is 77.6 cm³/mol. The maximum absolute atomic E-state index is 12.2. The summed E-state index contributed by atoms with van der Waals surface area (Å²) in [6.07, 6.45) is 0.549. The standard InChI is InChI=1S/C13H21O8P/c1-6-7-19-22(16,20-8-17-12(14)10(2)3)21-9-18-13(15)11(4)5/h2,4,6-9H2,1,3,5H3. The third-order valence-corrected chi connectivity index (χ3v) is 3.29.